The van der Waals surface area contributed by atoms with Gasteiger partial charge in [-0.1, -0.05) is 0 Å². The second-order valence-electron chi connectivity index (χ2n) is 4.73. The molecule has 4 nitrogen and oxygen atoms in total. The molecule has 0 bridgehead atoms. The number of carbonyl (C=O) groups excluding carboxylic acids is 1. The summed E-state index contributed by atoms with van der Waals surface area (Å²) in [6.45, 7) is 5.60. The first-order chi connectivity index (χ1) is 8.37. The van der Waals surface area contributed by atoms with Gasteiger partial charge in [-0.2, -0.15) is 0 Å². The van der Waals surface area contributed by atoms with Crippen LogP contribution in [0.15, 0.2) is 12.1 Å². The summed E-state index contributed by atoms with van der Waals surface area (Å²) in [5, 5.41) is 3.01. The van der Waals surface area contributed by atoms with Crippen LogP contribution in [0, 0.1) is 6.92 Å². The van der Waals surface area contributed by atoms with Crippen LogP contribution in [0.5, 0.6) is 11.5 Å². The van der Waals surface area contributed by atoms with E-state index in [4.69, 9.17) is 9.47 Å². The van der Waals surface area contributed by atoms with E-state index in [1.807, 2.05) is 26.8 Å². The molecule has 0 unspecified atom stereocenters. The van der Waals surface area contributed by atoms with Crippen LogP contribution in [0.4, 0.5) is 0 Å². The normalized spacial score (nSPS) is 11.2. The quantitative estimate of drug-likeness (QED) is 0.815. The molecular weight excluding hydrogens is 230 g/mol. The predicted molar refractivity (Wildman–Crippen MR) is 71.8 cm³/mol. The first-order valence-corrected chi connectivity index (χ1v) is 5.83. The van der Waals surface area contributed by atoms with E-state index in [9.17, 15) is 4.79 Å². The summed E-state index contributed by atoms with van der Waals surface area (Å²) in [7, 11) is 4.91. The van der Waals surface area contributed by atoms with Crippen LogP contribution in [0.3, 0.4) is 0 Å². The van der Waals surface area contributed by atoms with Crippen molar-refractivity contribution in [3.8, 4) is 11.5 Å². The van der Waals surface area contributed by atoms with Gasteiger partial charge in [-0.15, -0.1) is 0 Å². The van der Waals surface area contributed by atoms with E-state index in [0.29, 0.717) is 17.1 Å². The Balaban J connectivity index is 3.30. The molecule has 0 radical (unpaired) electrons. The number of carbonyl (C=O) groups is 1. The number of methoxy groups -OCH3 is 2. The first kappa shape index (κ1) is 14.5. The second-order valence-corrected chi connectivity index (χ2v) is 4.73. The zero-order valence-electron chi connectivity index (χ0n) is 11.9. The second kappa shape index (κ2) is 5.40. The standard InChI is InChI=1S/C14H21NO3/c1-9-7-11(17-5)12(18-6)8-10(9)13(16)14(2,3)15-4/h7-8,15H,1-6H3. The molecule has 1 N–H and O–H groups in total. The largest absolute Gasteiger partial charge is 0.493 e. The zero-order chi connectivity index (χ0) is 13.9. The molecule has 0 fully saturated rings. The molecule has 0 atom stereocenters. The van der Waals surface area contributed by atoms with E-state index in [-0.39, 0.29) is 5.78 Å². The van der Waals surface area contributed by atoms with Gasteiger partial charge in [0.05, 0.1) is 19.8 Å². The third-order valence-electron chi connectivity index (χ3n) is 3.17. The van der Waals surface area contributed by atoms with Crippen molar-refractivity contribution in [2.45, 2.75) is 26.3 Å². The lowest BCUT2D eigenvalue weighted by Crippen LogP contribution is -2.44. The Hall–Kier alpha value is -1.55. The summed E-state index contributed by atoms with van der Waals surface area (Å²) in [6, 6.07) is 3.55. The van der Waals surface area contributed by atoms with Gasteiger partial charge in [0.1, 0.15) is 0 Å². The van der Waals surface area contributed by atoms with Crippen molar-refractivity contribution in [1.29, 1.82) is 0 Å². The number of likely N-dealkylation sites (N-methyl/N-ethyl adjacent to an activating group) is 1. The number of hydrogen-bond donors (Lipinski definition) is 1. The third-order valence-corrected chi connectivity index (χ3v) is 3.17. The fourth-order valence-electron chi connectivity index (χ4n) is 1.68. The number of Topliss-reactive ketones (excluding diaryl/α,β-unsaturated/α-hetero) is 1. The van der Waals surface area contributed by atoms with E-state index in [1.165, 1.54) is 0 Å². The van der Waals surface area contributed by atoms with Gasteiger partial charge in [0.15, 0.2) is 17.3 Å². The van der Waals surface area contributed by atoms with Crippen LogP contribution in [0.1, 0.15) is 29.8 Å². The highest BCUT2D eigenvalue weighted by molar-refractivity contribution is 6.04. The molecule has 0 saturated carbocycles. The summed E-state index contributed by atoms with van der Waals surface area (Å²) in [4.78, 5) is 12.4. The molecule has 0 amide bonds. The van der Waals surface area contributed by atoms with Crippen LogP contribution >= 0.6 is 0 Å². The number of hydrogen-bond acceptors (Lipinski definition) is 4. The van der Waals surface area contributed by atoms with Gasteiger partial charge in [0.2, 0.25) is 0 Å². The minimum absolute atomic E-state index is 0.0310. The minimum atomic E-state index is -0.607. The molecule has 0 spiro atoms. The third kappa shape index (κ3) is 2.64. The smallest absolute Gasteiger partial charge is 0.182 e. The highest BCUT2D eigenvalue weighted by Gasteiger charge is 2.28. The van der Waals surface area contributed by atoms with Crippen molar-refractivity contribution in [2.75, 3.05) is 21.3 Å². The van der Waals surface area contributed by atoms with Crippen molar-refractivity contribution >= 4 is 5.78 Å². The molecule has 1 aromatic carbocycles. The SMILES string of the molecule is CNC(C)(C)C(=O)c1cc(OC)c(OC)cc1C. The van der Waals surface area contributed by atoms with Crippen LogP contribution in [0.2, 0.25) is 0 Å². The number of rotatable bonds is 5. The predicted octanol–water partition coefficient (Wildman–Crippen LogP) is 2.19. The molecule has 0 aliphatic rings. The monoisotopic (exact) mass is 251 g/mol. The Morgan fingerprint density at radius 3 is 2.11 bits per heavy atom. The van der Waals surface area contributed by atoms with Gasteiger partial charge in [0.25, 0.3) is 0 Å². The fraction of sp³-hybridized carbons (Fsp3) is 0.500. The Morgan fingerprint density at radius 2 is 1.67 bits per heavy atom. The maximum atomic E-state index is 12.4. The lowest BCUT2D eigenvalue weighted by Gasteiger charge is -2.24. The summed E-state index contributed by atoms with van der Waals surface area (Å²) < 4.78 is 10.4. The van der Waals surface area contributed by atoms with Crippen molar-refractivity contribution in [1.82, 2.24) is 5.32 Å². The Bertz CT molecular complexity index is 453. The van der Waals surface area contributed by atoms with Crippen LogP contribution in [0.25, 0.3) is 0 Å². The topological polar surface area (TPSA) is 47.6 Å². The number of aryl methyl sites for hydroxylation is 1. The molecule has 0 aliphatic carbocycles. The van der Waals surface area contributed by atoms with Gasteiger partial charge >= 0.3 is 0 Å². The van der Waals surface area contributed by atoms with Gasteiger partial charge in [0, 0.05) is 5.56 Å². The first-order valence-electron chi connectivity index (χ1n) is 5.83. The van der Waals surface area contributed by atoms with E-state index < -0.39 is 5.54 Å². The molecule has 0 aliphatic heterocycles. The molecule has 0 aromatic heterocycles. The van der Waals surface area contributed by atoms with Gasteiger partial charge in [-0.05, 0) is 45.5 Å². The van der Waals surface area contributed by atoms with Crippen molar-refractivity contribution < 1.29 is 14.3 Å². The Kier molecular flexibility index (Phi) is 4.35. The van der Waals surface area contributed by atoms with E-state index in [0.717, 1.165) is 5.56 Å². The highest BCUT2D eigenvalue weighted by atomic mass is 16.5. The lowest BCUT2D eigenvalue weighted by molar-refractivity contribution is 0.0888. The van der Waals surface area contributed by atoms with Gasteiger partial charge < -0.3 is 14.8 Å². The summed E-state index contributed by atoms with van der Waals surface area (Å²) in [6.07, 6.45) is 0. The fourth-order valence-corrected chi connectivity index (χ4v) is 1.68. The van der Waals surface area contributed by atoms with Crippen molar-refractivity contribution in [3.05, 3.63) is 23.3 Å². The minimum Gasteiger partial charge on any atom is -0.493 e. The van der Waals surface area contributed by atoms with Crippen LogP contribution < -0.4 is 14.8 Å². The van der Waals surface area contributed by atoms with E-state index >= 15 is 0 Å². The average Bonchev–Trinajstić information content (AvgIpc) is 2.37. The van der Waals surface area contributed by atoms with Crippen molar-refractivity contribution in [3.63, 3.8) is 0 Å². The highest BCUT2D eigenvalue weighted by Crippen LogP contribution is 2.31. The van der Waals surface area contributed by atoms with E-state index in [2.05, 4.69) is 5.32 Å². The molecule has 100 valence electrons. The number of nitrogens with one attached hydrogen (secondary N) is 1. The summed E-state index contributed by atoms with van der Waals surface area (Å²) in [5.74, 6) is 1.23. The average molecular weight is 251 g/mol. The summed E-state index contributed by atoms with van der Waals surface area (Å²) in [5.41, 5.74) is 0.914. The molecule has 0 saturated heterocycles. The number of benzene rings is 1. The maximum absolute atomic E-state index is 12.4. The van der Waals surface area contributed by atoms with E-state index in [1.54, 1.807) is 27.3 Å². The molecule has 1 aromatic rings. The van der Waals surface area contributed by atoms with Gasteiger partial charge in [-0.3, -0.25) is 4.79 Å². The Labute approximate surface area is 108 Å². The molecule has 0 heterocycles. The zero-order valence-corrected chi connectivity index (χ0v) is 11.9. The lowest BCUT2D eigenvalue weighted by atomic mass is 9.90. The number of ketones is 1. The molecule has 1 rings (SSSR count). The molecule has 4 heteroatoms. The molecular formula is C14H21NO3. The van der Waals surface area contributed by atoms with Crippen LogP contribution in [-0.2, 0) is 0 Å². The maximum Gasteiger partial charge on any atom is 0.182 e. The Morgan fingerprint density at radius 1 is 1.17 bits per heavy atom. The van der Waals surface area contributed by atoms with Crippen molar-refractivity contribution in [2.24, 2.45) is 0 Å². The number of ether oxygens (including phenoxy) is 2. The van der Waals surface area contributed by atoms with Gasteiger partial charge in [-0.25, -0.2) is 0 Å². The molecule has 18 heavy (non-hydrogen) atoms. The van der Waals surface area contributed by atoms with Crippen LogP contribution in [-0.4, -0.2) is 32.6 Å². The summed E-state index contributed by atoms with van der Waals surface area (Å²) >= 11 is 0.